The van der Waals surface area contributed by atoms with Crippen LogP contribution in [0.2, 0.25) is 0 Å². The summed E-state index contributed by atoms with van der Waals surface area (Å²) in [7, 11) is -2.42. The minimum atomic E-state index is -4.02. The highest BCUT2D eigenvalue weighted by Gasteiger charge is 2.45. The topological polar surface area (TPSA) is 109 Å². The van der Waals surface area contributed by atoms with E-state index in [0.717, 1.165) is 45.7 Å². The maximum atomic E-state index is 14.4. The summed E-state index contributed by atoms with van der Waals surface area (Å²) in [6.45, 7) is 1.90. The number of nitrogens with zero attached hydrogens (tertiary/aromatic N) is 3. The molecule has 0 spiro atoms. The molecule has 6 rings (SSSR count). The Hall–Kier alpha value is -3.02. The van der Waals surface area contributed by atoms with E-state index < -0.39 is 20.4 Å². The highest BCUT2D eigenvalue weighted by molar-refractivity contribution is 7.91. The second-order valence-corrected chi connectivity index (χ2v) is 14.1. The van der Waals surface area contributed by atoms with Crippen LogP contribution >= 0.6 is 22.9 Å². The molecular weight excluding hydrogens is 568 g/mol. The van der Waals surface area contributed by atoms with Crippen LogP contribution in [0.25, 0.3) is 27.9 Å². The second-order valence-electron chi connectivity index (χ2n) is 10.4. The van der Waals surface area contributed by atoms with E-state index in [4.69, 9.17) is 26.8 Å². The summed E-state index contributed by atoms with van der Waals surface area (Å²) in [6.07, 6.45) is 9.99. The minimum Gasteiger partial charge on any atom is -0.399 e. The van der Waals surface area contributed by atoms with Crippen molar-refractivity contribution in [2.75, 3.05) is 19.6 Å². The molecule has 0 bridgehead atoms. The summed E-state index contributed by atoms with van der Waals surface area (Å²) in [5.74, 6) is 0. The van der Waals surface area contributed by atoms with Gasteiger partial charge in [-0.05, 0) is 74.6 Å². The fourth-order valence-electron chi connectivity index (χ4n) is 5.22. The Morgan fingerprint density at radius 3 is 2.62 bits per heavy atom. The van der Waals surface area contributed by atoms with Gasteiger partial charge in [-0.15, -0.1) is 11.3 Å². The quantitative estimate of drug-likeness (QED) is 0.188. The summed E-state index contributed by atoms with van der Waals surface area (Å²) >= 11 is 8.36. The van der Waals surface area contributed by atoms with Crippen molar-refractivity contribution in [3.8, 4) is 11.3 Å². The third-order valence-electron chi connectivity index (χ3n) is 7.73. The first-order chi connectivity index (χ1) is 19.2. The molecule has 1 fully saturated rings. The van der Waals surface area contributed by atoms with E-state index in [2.05, 4.69) is 9.97 Å². The molecule has 0 saturated heterocycles. The Balaban J connectivity index is 1.37. The van der Waals surface area contributed by atoms with Gasteiger partial charge in [-0.1, -0.05) is 29.8 Å². The van der Waals surface area contributed by atoms with E-state index in [1.807, 2.05) is 30.3 Å². The van der Waals surface area contributed by atoms with Crippen LogP contribution in [0.1, 0.15) is 42.5 Å². The molecule has 0 radical (unpaired) electrons. The molecule has 1 aromatic carbocycles. The van der Waals surface area contributed by atoms with Gasteiger partial charge in [-0.2, -0.15) is 0 Å². The zero-order chi connectivity index (χ0) is 28.1. The molecule has 2 N–H and O–H groups in total. The van der Waals surface area contributed by atoms with Crippen molar-refractivity contribution in [3.05, 3.63) is 81.9 Å². The number of ether oxygens (including phenoxy) is 2. The Bertz CT molecular complexity index is 1750. The van der Waals surface area contributed by atoms with Crippen LogP contribution in [0.5, 0.6) is 0 Å². The summed E-state index contributed by atoms with van der Waals surface area (Å²) in [4.78, 5) is 9.97. The van der Waals surface area contributed by atoms with Crippen LogP contribution in [-0.2, 0) is 25.1 Å². The second kappa shape index (κ2) is 10.1. The van der Waals surface area contributed by atoms with Gasteiger partial charge in [0.15, 0.2) is 5.65 Å². The SMILES string of the molecule is COCOC1(c2ncc(C3=CCC(C)(S(=O)(=O)n4c(-c5ccc(N)cc5)cc5cccnc54)C=C3Cl)s2)CCC1. The molecule has 4 aromatic rings. The standard InChI is InChI=1S/C29H29ClN4O4S2/c1-28(13-10-22(23(30)16-28)25-17-33-27(39-25)29(11-4-12-29)38-18-37-2)40(35,36)34-24(19-6-8-21(31)9-7-19)15-20-5-3-14-32-26(20)34/h3,5-10,14-17H,4,11-13,18,31H2,1-2H3. The van der Waals surface area contributed by atoms with Gasteiger partial charge < -0.3 is 15.2 Å². The van der Waals surface area contributed by atoms with Crippen LogP contribution < -0.4 is 5.73 Å². The van der Waals surface area contributed by atoms with E-state index >= 15 is 0 Å². The van der Waals surface area contributed by atoms with Crippen molar-refractivity contribution in [1.82, 2.24) is 13.9 Å². The van der Waals surface area contributed by atoms with Crippen LogP contribution in [0, 0.1) is 0 Å². The molecule has 2 aliphatic rings. The largest absolute Gasteiger partial charge is 0.399 e. The lowest BCUT2D eigenvalue weighted by molar-refractivity contribution is -0.171. The van der Waals surface area contributed by atoms with Crippen molar-refractivity contribution >= 4 is 55.3 Å². The number of benzene rings is 1. The highest BCUT2D eigenvalue weighted by Crippen LogP contribution is 2.48. The predicted octanol–water partition coefficient (Wildman–Crippen LogP) is 6.29. The number of methoxy groups -OCH3 is 1. The molecule has 3 heterocycles. The van der Waals surface area contributed by atoms with Crippen molar-refractivity contribution in [2.24, 2.45) is 0 Å². The number of nitrogens with two attached hydrogens (primary N) is 1. The Morgan fingerprint density at radius 2 is 1.95 bits per heavy atom. The van der Waals surface area contributed by atoms with Gasteiger partial charge in [0.2, 0.25) is 10.0 Å². The van der Waals surface area contributed by atoms with E-state index in [1.54, 1.807) is 50.7 Å². The molecule has 1 saturated carbocycles. The molecule has 208 valence electrons. The molecule has 3 aromatic heterocycles. The van der Waals surface area contributed by atoms with Crippen LogP contribution in [0.4, 0.5) is 5.69 Å². The van der Waals surface area contributed by atoms with Crippen LogP contribution in [-0.4, -0.2) is 41.0 Å². The van der Waals surface area contributed by atoms with Gasteiger partial charge in [-0.25, -0.2) is 22.4 Å². The lowest BCUT2D eigenvalue weighted by atomic mass is 9.80. The Labute approximate surface area is 242 Å². The molecule has 8 nitrogen and oxygen atoms in total. The molecule has 40 heavy (non-hydrogen) atoms. The number of anilines is 1. The van der Waals surface area contributed by atoms with Gasteiger partial charge in [-0.3, -0.25) is 0 Å². The summed E-state index contributed by atoms with van der Waals surface area (Å²) in [5, 5.41) is 1.98. The number of rotatable bonds is 8. The molecule has 1 atom stereocenters. The summed E-state index contributed by atoms with van der Waals surface area (Å²) in [5.41, 5.74) is 8.44. The number of hydrogen-bond donors (Lipinski definition) is 1. The first-order valence-corrected chi connectivity index (χ1v) is 15.6. The number of fused-ring (bicyclic) bond motifs is 1. The Kier molecular flexibility index (Phi) is 6.87. The molecule has 1 unspecified atom stereocenters. The maximum absolute atomic E-state index is 14.4. The Morgan fingerprint density at radius 1 is 1.18 bits per heavy atom. The van der Waals surface area contributed by atoms with Crippen LogP contribution in [0.15, 0.2) is 72.0 Å². The van der Waals surface area contributed by atoms with Crippen molar-refractivity contribution in [1.29, 1.82) is 0 Å². The summed E-state index contributed by atoms with van der Waals surface area (Å²) < 4.78 is 40.0. The number of thiazole rings is 1. The fraction of sp³-hybridized carbons (Fsp3) is 0.310. The maximum Gasteiger partial charge on any atom is 0.250 e. The highest BCUT2D eigenvalue weighted by atomic mass is 35.5. The predicted molar refractivity (Wildman–Crippen MR) is 159 cm³/mol. The number of allylic oxidation sites excluding steroid dienone is 3. The number of hydrogen-bond acceptors (Lipinski definition) is 8. The zero-order valence-corrected chi connectivity index (χ0v) is 24.5. The lowest BCUT2D eigenvalue weighted by Crippen LogP contribution is -2.39. The number of pyridine rings is 1. The number of nitrogen functional groups attached to an aromatic ring is 1. The normalized spacial score (nSPS) is 20.7. The zero-order valence-electron chi connectivity index (χ0n) is 22.1. The average molecular weight is 597 g/mol. The third-order valence-corrected chi connectivity index (χ3v) is 11.6. The molecule has 11 heteroatoms. The van der Waals surface area contributed by atoms with Gasteiger partial charge >= 0.3 is 0 Å². The first kappa shape index (κ1) is 27.2. The van der Waals surface area contributed by atoms with E-state index in [0.29, 0.717) is 22.1 Å². The third kappa shape index (κ3) is 4.38. The van der Waals surface area contributed by atoms with Gasteiger partial charge in [0, 0.05) is 41.2 Å². The average Bonchev–Trinajstić information content (AvgIpc) is 3.54. The van der Waals surface area contributed by atoms with E-state index in [1.165, 1.54) is 15.3 Å². The van der Waals surface area contributed by atoms with Gasteiger partial charge in [0.25, 0.3) is 0 Å². The first-order valence-electron chi connectivity index (χ1n) is 12.9. The fourth-order valence-corrected chi connectivity index (χ4v) is 8.71. The molecule has 0 aliphatic heterocycles. The van der Waals surface area contributed by atoms with Crippen molar-refractivity contribution < 1.29 is 17.9 Å². The number of aromatic nitrogens is 3. The lowest BCUT2D eigenvalue weighted by Gasteiger charge is -2.39. The van der Waals surface area contributed by atoms with Crippen molar-refractivity contribution in [3.63, 3.8) is 0 Å². The number of halogens is 1. The minimum absolute atomic E-state index is 0.204. The molecule has 2 aliphatic carbocycles. The smallest absolute Gasteiger partial charge is 0.250 e. The summed E-state index contributed by atoms with van der Waals surface area (Å²) in [6, 6.07) is 12.6. The van der Waals surface area contributed by atoms with Gasteiger partial charge in [0.1, 0.15) is 22.1 Å². The molecular formula is C29H29ClN4O4S2. The van der Waals surface area contributed by atoms with E-state index in [9.17, 15) is 8.42 Å². The van der Waals surface area contributed by atoms with E-state index in [-0.39, 0.29) is 13.2 Å². The monoisotopic (exact) mass is 596 g/mol. The van der Waals surface area contributed by atoms with Crippen molar-refractivity contribution in [2.45, 2.75) is 43.0 Å². The van der Waals surface area contributed by atoms with Gasteiger partial charge in [0.05, 0.1) is 10.6 Å². The molecule has 0 amide bonds. The van der Waals surface area contributed by atoms with Crippen LogP contribution in [0.3, 0.4) is 0 Å².